The highest BCUT2D eigenvalue weighted by molar-refractivity contribution is 8.00. The number of piperazine rings is 1. The molecule has 4 fully saturated rings. The van der Waals surface area contributed by atoms with Gasteiger partial charge < -0.3 is 14.5 Å². The van der Waals surface area contributed by atoms with Gasteiger partial charge >= 0.3 is 0 Å². The lowest BCUT2D eigenvalue weighted by atomic mass is 9.73. The number of nitriles is 1. The molecule has 4 aliphatic heterocycles. The van der Waals surface area contributed by atoms with Crippen molar-refractivity contribution in [2.24, 2.45) is 5.92 Å². The number of aryl methyl sites for hydroxylation is 2. The summed E-state index contributed by atoms with van der Waals surface area (Å²) in [5.41, 5.74) is 2.84. The van der Waals surface area contributed by atoms with Crippen LogP contribution in [0.25, 0.3) is 0 Å². The van der Waals surface area contributed by atoms with Gasteiger partial charge in [0.1, 0.15) is 0 Å². The number of carbonyl (C=O) groups is 1. The van der Waals surface area contributed by atoms with E-state index in [0.717, 1.165) is 39.0 Å². The van der Waals surface area contributed by atoms with Crippen LogP contribution in [0.4, 0.5) is 0 Å². The van der Waals surface area contributed by atoms with Crippen LogP contribution in [-0.4, -0.2) is 95.8 Å². The van der Waals surface area contributed by atoms with E-state index in [-0.39, 0.29) is 29.2 Å². The number of nitrogens with one attached hydrogen (secondary N) is 2. The lowest BCUT2D eigenvalue weighted by molar-refractivity contribution is -0.135. The number of carbonyl (C=O) groups excluding carboxylic acids is 1. The number of rotatable bonds is 6. The summed E-state index contributed by atoms with van der Waals surface area (Å²) in [6.07, 6.45) is 9.94. The predicted octanol–water partition coefficient (Wildman–Crippen LogP) is 3.47. The lowest BCUT2D eigenvalue weighted by Crippen LogP contribution is -2.72. The summed E-state index contributed by atoms with van der Waals surface area (Å²) in [5.74, 6) is 0.367. The van der Waals surface area contributed by atoms with Crippen molar-refractivity contribution >= 4 is 17.7 Å². The fourth-order valence-corrected chi connectivity index (χ4v) is 9.69. The second kappa shape index (κ2) is 12.4. The summed E-state index contributed by atoms with van der Waals surface area (Å²) in [6, 6.07) is 9.98. The number of ether oxygens (including phenoxy) is 1. The van der Waals surface area contributed by atoms with Crippen molar-refractivity contribution in [1.29, 1.82) is 5.26 Å². The lowest BCUT2D eigenvalue weighted by Gasteiger charge is -2.56. The Balaban J connectivity index is 1.21. The van der Waals surface area contributed by atoms with Gasteiger partial charge in [0.25, 0.3) is 0 Å². The van der Waals surface area contributed by atoms with Crippen LogP contribution in [0.15, 0.2) is 35.7 Å². The highest BCUT2D eigenvalue weighted by Crippen LogP contribution is 2.53. The van der Waals surface area contributed by atoms with Crippen LogP contribution < -0.4 is 10.6 Å². The molecule has 1 aliphatic carbocycles. The third-order valence-corrected chi connectivity index (χ3v) is 12.0. The van der Waals surface area contributed by atoms with Gasteiger partial charge in [0, 0.05) is 47.3 Å². The summed E-state index contributed by atoms with van der Waals surface area (Å²) in [6.45, 7) is 9.85. The number of amides is 1. The van der Waals surface area contributed by atoms with Crippen molar-refractivity contribution in [2.45, 2.75) is 98.6 Å². The minimum atomic E-state index is -0.212. The molecule has 222 valence electrons. The number of hydrogen-bond donors (Lipinski definition) is 2. The van der Waals surface area contributed by atoms with Crippen molar-refractivity contribution in [3.05, 3.63) is 42.0 Å². The van der Waals surface area contributed by atoms with Crippen LogP contribution in [0.5, 0.6) is 0 Å². The van der Waals surface area contributed by atoms with Gasteiger partial charge in [0.15, 0.2) is 6.35 Å². The van der Waals surface area contributed by atoms with Gasteiger partial charge in [-0.15, -0.1) is 11.8 Å². The van der Waals surface area contributed by atoms with Crippen molar-refractivity contribution in [3.8, 4) is 6.07 Å². The first-order valence-electron chi connectivity index (χ1n) is 15.5. The minimum Gasteiger partial charge on any atom is -0.348 e. The first kappa shape index (κ1) is 29.2. The summed E-state index contributed by atoms with van der Waals surface area (Å²) in [7, 11) is 2.20. The van der Waals surface area contributed by atoms with E-state index in [1.807, 2.05) is 4.90 Å². The van der Waals surface area contributed by atoms with Crippen molar-refractivity contribution < 1.29 is 9.53 Å². The maximum absolute atomic E-state index is 12.6. The quantitative estimate of drug-likeness (QED) is 0.497. The second-order valence-corrected chi connectivity index (χ2v) is 14.4. The van der Waals surface area contributed by atoms with Crippen molar-refractivity contribution in [1.82, 2.24) is 25.3 Å². The zero-order chi connectivity index (χ0) is 28.6. The maximum atomic E-state index is 12.6. The number of thioether (sulfide) groups is 1. The van der Waals surface area contributed by atoms with E-state index in [0.29, 0.717) is 37.5 Å². The highest BCUT2D eigenvalue weighted by atomic mass is 32.2. The summed E-state index contributed by atoms with van der Waals surface area (Å²) >= 11 is 2.12. The van der Waals surface area contributed by atoms with Crippen LogP contribution in [-0.2, 0) is 16.0 Å². The molecule has 1 spiro atoms. The molecular weight excluding hydrogens is 532 g/mol. The van der Waals surface area contributed by atoms with Gasteiger partial charge in [-0.25, -0.2) is 0 Å². The second-order valence-electron chi connectivity index (χ2n) is 12.9. The molecule has 0 aromatic heterocycles. The molecule has 5 aliphatic rings. The zero-order valence-corrected chi connectivity index (χ0v) is 25.5. The van der Waals surface area contributed by atoms with E-state index in [2.05, 4.69) is 77.0 Å². The fraction of sp³-hybridized carbons (Fsp3) is 0.688. The van der Waals surface area contributed by atoms with Gasteiger partial charge in [-0.3, -0.25) is 20.3 Å². The Morgan fingerprint density at radius 2 is 2.12 bits per heavy atom. The molecule has 4 heterocycles. The van der Waals surface area contributed by atoms with E-state index >= 15 is 0 Å². The Labute approximate surface area is 249 Å². The van der Waals surface area contributed by atoms with Crippen LogP contribution in [0, 0.1) is 24.2 Å². The van der Waals surface area contributed by atoms with E-state index in [9.17, 15) is 10.1 Å². The van der Waals surface area contributed by atoms with E-state index in [4.69, 9.17) is 4.74 Å². The van der Waals surface area contributed by atoms with E-state index < -0.39 is 0 Å². The van der Waals surface area contributed by atoms with Crippen LogP contribution >= 0.6 is 11.8 Å². The molecule has 1 amide bonds. The fourth-order valence-electron chi connectivity index (χ4n) is 7.99. The zero-order valence-electron chi connectivity index (χ0n) is 24.7. The van der Waals surface area contributed by atoms with E-state index in [1.54, 1.807) is 0 Å². The Hall–Kier alpha value is -1.93. The number of hydrogen-bond acceptors (Lipinski definition) is 8. The van der Waals surface area contributed by atoms with Crippen LogP contribution in [0.3, 0.4) is 0 Å². The predicted molar refractivity (Wildman–Crippen MR) is 162 cm³/mol. The molecule has 2 N–H and O–H groups in total. The Morgan fingerprint density at radius 1 is 1.24 bits per heavy atom. The first-order valence-corrected chi connectivity index (χ1v) is 16.4. The average molecular weight is 579 g/mol. The summed E-state index contributed by atoms with van der Waals surface area (Å²) in [4.78, 5) is 20.8. The highest BCUT2D eigenvalue weighted by Gasteiger charge is 2.50. The van der Waals surface area contributed by atoms with Gasteiger partial charge in [-0.1, -0.05) is 24.3 Å². The normalized spacial score (nSPS) is 36.0. The molecular formula is C32H46N6O2S. The molecule has 9 heteroatoms. The third kappa shape index (κ3) is 6.11. The summed E-state index contributed by atoms with van der Waals surface area (Å²) < 4.78 is 6.83. The molecule has 8 nitrogen and oxygen atoms in total. The number of likely N-dealkylation sites (tertiary alicyclic amines) is 1. The molecule has 0 radical (unpaired) electrons. The van der Waals surface area contributed by atoms with E-state index in [1.165, 1.54) is 47.8 Å². The smallest absolute Gasteiger partial charge is 0.246 e. The first-order chi connectivity index (χ1) is 19.9. The standard InChI is InChI=1S/C32H46N6O2S/c1-4-29(39)38-17-16-37(20-24(38)11-14-33)30-26-10-13-32(12-9-23-8-7-22(2)18-28(23)41-32)19-27(26)34-31(35-30)40-21-25-6-5-15-36(25)3/h4,7-8,18,24-27,30-31,34-35H,1,5-6,9-13,15-17,19-21H2,2-3H3/t24?,25?,26?,27?,30?,31?,32-/m0/s1. The largest absolute Gasteiger partial charge is 0.348 e. The molecule has 1 aromatic rings. The number of nitrogens with zero attached hydrogens (tertiary/aromatic N) is 4. The molecule has 6 unspecified atom stereocenters. The Bertz CT molecular complexity index is 1170. The Morgan fingerprint density at radius 3 is 2.90 bits per heavy atom. The number of fused-ring (bicyclic) bond motifs is 2. The molecule has 3 saturated heterocycles. The van der Waals surface area contributed by atoms with Gasteiger partial charge in [0.05, 0.1) is 31.3 Å². The molecule has 0 bridgehead atoms. The van der Waals surface area contributed by atoms with Crippen LogP contribution in [0.1, 0.15) is 56.1 Å². The number of likely N-dealkylation sites (N-methyl/N-ethyl adjacent to an activating group) is 1. The molecule has 1 saturated carbocycles. The average Bonchev–Trinajstić information content (AvgIpc) is 3.39. The summed E-state index contributed by atoms with van der Waals surface area (Å²) in [5, 5.41) is 17.3. The minimum absolute atomic E-state index is 0.0765. The van der Waals surface area contributed by atoms with Gasteiger partial charge in [0.2, 0.25) is 5.91 Å². The molecule has 1 aromatic carbocycles. The molecule has 7 atom stereocenters. The van der Waals surface area contributed by atoms with Crippen LogP contribution in [0.2, 0.25) is 0 Å². The molecule has 6 rings (SSSR count). The maximum Gasteiger partial charge on any atom is 0.246 e. The number of benzene rings is 1. The Kier molecular flexibility index (Phi) is 8.79. The van der Waals surface area contributed by atoms with Crippen molar-refractivity contribution in [2.75, 3.05) is 39.8 Å². The topological polar surface area (TPSA) is 83.9 Å². The monoisotopic (exact) mass is 578 g/mol. The van der Waals surface area contributed by atoms with Crippen molar-refractivity contribution in [3.63, 3.8) is 0 Å². The molecule has 41 heavy (non-hydrogen) atoms. The van der Waals surface area contributed by atoms with Gasteiger partial charge in [-0.2, -0.15) is 5.26 Å². The van der Waals surface area contributed by atoms with Gasteiger partial charge in [-0.05, 0) is 83.2 Å². The SMILES string of the molecule is C=CC(=O)N1CCN(C2NC(OCC3CCCN3C)NC3C[C@]4(CCc5ccc(C)cc5S4)CCC32)CC1CC#N. The third-order valence-electron chi connectivity index (χ3n) is 10.4.